The van der Waals surface area contributed by atoms with Crippen LogP contribution in [0.2, 0.25) is 0 Å². The quantitative estimate of drug-likeness (QED) is 0.676. The minimum absolute atomic E-state index is 0.0789. The van der Waals surface area contributed by atoms with Crippen molar-refractivity contribution in [1.82, 2.24) is 15.2 Å². The number of anilines is 2. The van der Waals surface area contributed by atoms with Gasteiger partial charge < -0.3 is 10.6 Å². The number of aromatic amines is 1. The predicted molar refractivity (Wildman–Crippen MR) is 89.9 cm³/mol. The molecule has 0 fully saturated rings. The predicted octanol–water partition coefficient (Wildman–Crippen LogP) is 3.04. The van der Waals surface area contributed by atoms with Crippen molar-refractivity contribution in [2.75, 3.05) is 10.6 Å². The number of benzene rings is 2. The van der Waals surface area contributed by atoms with Gasteiger partial charge in [0.05, 0.1) is 0 Å². The first kappa shape index (κ1) is 14.8. The molecule has 0 saturated heterocycles. The van der Waals surface area contributed by atoms with Crippen molar-refractivity contribution in [1.29, 1.82) is 0 Å². The number of nitrogens with one attached hydrogen (secondary N) is 3. The highest BCUT2D eigenvalue weighted by Crippen LogP contribution is 2.21. The topological polar surface area (TPSA) is 82.7 Å². The zero-order valence-electron chi connectivity index (χ0n) is 12.7. The normalized spacial score (nSPS) is 10.3. The van der Waals surface area contributed by atoms with Crippen LogP contribution in [0.25, 0.3) is 11.4 Å². The van der Waals surface area contributed by atoms with E-state index >= 15 is 0 Å². The smallest absolute Gasteiger partial charge is 0.221 e. The summed E-state index contributed by atoms with van der Waals surface area (Å²) in [5, 5.41) is 12.9. The van der Waals surface area contributed by atoms with Gasteiger partial charge in [-0.2, -0.15) is 5.10 Å². The van der Waals surface area contributed by atoms with Gasteiger partial charge in [-0.1, -0.05) is 30.3 Å². The Balaban J connectivity index is 1.74. The lowest BCUT2D eigenvalue weighted by atomic mass is 10.1. The van der Waals surface area contributed by atoms with Crippen molar-refractivity contribution >= 4 is 17.3 Å². The summed E-state index contributed by atoms with van der Waals surface area (Å²) in [6.45, 7) is 2.11. The van der Waals surface area contributed by atoms with Crippen LogP contribution in [0.1, 0.15) is 12.5 Å². The Hall–Kier alpha value is -3.15. The van der Waals surface area contributed by atoms with Gasteiger partial charge in [0.15, 0.2) is 5.82 Å². The standard InChI is InChI=1S/C17H17N5O/c1-12(23)21-16-8-3-2-5-14(16)10-18-15-7-4-6-13(9-15)17-19-11-20-22-17/h2-9,11,18H,10H2,1H3,(H,21,23)(H,19,20,22). The third kappa shape index (κ3) is 3.74. The van der Waals surface area contributed by atoms with E-state index in [9.17, 15) is 4.79 Å². The number of hydrogen-bond acceptors (Lipinski definition) is 4. The van der Waals surface area contributed by atoms with Crippen molar-refractivity contribution in [3.05, 3.63) is 60.4 Å². The average Bonchev–Trinajstić information content (AvgIpc) is 3.08. The highest BCUT2D eigenvalue weighted by atomic mass is 16.1. The van der Waals surface area contributed by atoms with Crippen LogP contribution in [0.3, 0.4) is 0 Å². The van der Waals surface area contributed by atoms with E-state index in [4.69, 9.17) is 0 Å². The van der Waals surface area contributed by atoms with E-state index in [0.29, 0.717) is 6.54 Å². The number of carbonyl (C=O) groups excluding carboxylic acids is 1. The molecule has 116 valence electrons. The Morgan fingerprint density at radius 1 is 1.17 bits per heavy atom. The maximum absolute atomic E-state index is 11.3. The third-order valence-corrected chi connectivity index (χ3v) is 3.36. The number of para-hydroxylation sites is 1. The Bertz CT molecular complexity index is 798. The van der Waals surface area contributed by atoms with Crippen LogP contribution in [0.15, 0.2) is 54.9 Å². The molecular formula is C17H17N5O. The van der Waals surface area contributed by atoms with Crippen molar-refractivity contribution in [3.63, 3.8) is 0 Å². The molecule has 6 nitrogen and oxygen atoms in total. The van der Waals surface area contributed by atoms with Gasteiger partial charge in [0.2, 0.25) is 5.91 Å². The molecule has 0 spiro atoms. The van der Waals surface area contributed by atoms with E-state index in [2.05, 4.69) is 25.8 Å². The van der Waals surface area contributed by atoms with E-state index in [0.717, 1.165) is 28.3 Å². The van der Waals surface area contributed by atoms with E-state index in [1.807, 2.05) is 48.5 Å². The highest BCUT2D eigenvalue weighted by molar-refractivity contribution is 5.89. The number of hydrogen-bond donors (Lipinski definition) is 3. The Labute approximate surface area is 134 Å². The Kier molecular flexibility index (Phi) is 4.33. The lowest BCUT2D eigenvalue weighted by molar-refractivity contribution is -0.114. The molecule has 0 aliphatic heterocycles. The summed E-state index contributed by atoms with van der Waals surface area (Å²) in [6.07, 6.45) is 1.49. The molecule has 1 amide bonds. The van der Waals surface area contributed by atoms with Crippen LogP contribution in [-0.2, 0) is 11.3 Å². The van der Waals surface area contributed by atoms with E-state index < -0.39 is 0 Å². The zero-order valence-corrected chi connectivity index (χ0v) is 12.7. The summed E-state index contributed by atoms with van der Waals surface area (Å²) in [7, 11) is 0. The lowest BCUT2D eigenvalue weighted by Crippen LogP contribution is -2.10. The monoisotopic (exact) mass is 307 g/mol. The summed E-state index contributed by atoms with van der Waals surface area (Å²) in [5.74, 6) is 0.650. The van der Waals surface area contributed by atoms with Gasteiger partial charge in [-0.05, 0) is 23.8 Å². The second-order valence-electron chi connectivity index (χ2n) is 5.11. The van der Waals surface area contributed by atoms with Gasteiger partial charge in [0, 0.05) is 30.4 Å². The van der Waals surface area contributed by atoms with Crippen LogP contribution >= 0.6 is 0 Å². The maximum atomic E-state index is 11.3. The molecule has 0 saturated carbocycles. The summed E-state index contributed by atoms with van der Waals surface area (Å²) in [6, 6.07) is 15.6. The SMILES string of the molecule is CC(=O)Nc1ccccc1CNc1cccc(-c2ncn[nH]2)c1. The van der Waals surface area contributed by atoms with Crippen molar-refractivity contribution in [2.24, 2.45) is 0 Å². The fraction of sp³-hybridized carbons (Fsp3) is 0.118. The summed E-state index contributed by atoms with van der Waals surface area (Å²) < 4.78 is 0. The van der Waals surface area contributed by atoms with Gasteiger partial charge in [0.1, 0.15) is 6.33 Å². The van der Waals surface area contributed by atoms with Crippen LogP contribution in [-0.4, -0.2) is 21.1 Å². The number of rotatable bonds is 5. The molecule has 3 aromatic rings. The second kappa shape index (κ2) is 6.74. The molecule has 1 heterocycles. The number of H-pyrrole nitrogens is 1. The lowest BCUT2D eigenvalue weighted by Gasteiger charge is -2.12. The molecule has 1 aromatic heterocycles. The Morgan fingerprint density at radius 3 is 2.83 bits per heavy atom. The molecule has 0 aliphatic rings. The number of amides is 1. The molecule has 23 heavy (non-hydrogen) atoms. The van der Waals surface area contributed by atoms with Gasteiger partial charge in [-0.3, -0.25) is 9.89 Å². The van der Waals surface area contributed by atoms with E-state index in [1.165, 1.54) is 13.3 Å². The van der Waals surface area contributed by atoms with Crippen molar-refractivity contribution in [2.45, 2.75) is 13.5 Å². The Morgan fingerprint density at radius 2 is 2.04 bits per heavy atom. The fourth-order valence-corrected chi connectivity index (χ4v) is 2.30. The summed E-state index contributed by atoms with van der Waals surface area (Å²) in [4.78, 5) is 15.4. The summed E-state index contributed by atoms with van der Waals surface area (Å²) in [5.41, 5.74) is 3.77. The van der Waals surface area contributed by atoms with Crippen molar-refractivity contribution in [3.8, 4) is 11.4 Å². The molecule has 0 radical (unpaired) electrons. The average molecular weight is 307 g/mol. The second-order valence-corrected chi connectivity index (χ2v) is 5.11. The van der Waals surface area contributed by atoms with E-state index in [1.54, 1.807) is 0 Å². The fourth-order valence-electron chi connectivity index (χ4n) is 2.30. The first-order valence-electron chi connectivity index (χ1n) is 7.27. The number of aromatic nitrogens is 3. The molecular weight excluding hydrogens is 290 g/mol. The molecule has 0 unspecified atom stereocenters. The highest BCUT2D eigenvalue weighted by Gasteiger charge is 2.05. The molecule has 6 heteroatoms. The molecule has 0 atom stereocenters. The maximum Gasteiger partial charge on any atom is 0.221 e. The van der Waals surface area contributed by atoms with Gasteiger partial charge in [-0.25, -0.2) is 4.98 Å². The van der Waals surface area contributed by atoms with Crippen LogP contribution in [0, 0.1) is 0 Å². The first-order valence-corrected chi connectivity index (χ1v) is 7.27. The van der Waals surface area contributed by atoms with Crippen LogP contribution in [0.4, 0.5) is 11.4 Å². The molecule has 2 aromatic carbocycles. The molecule has 3 rings (SSSR count). The minimum atomic E-state index is -0.0789. The molecule has 0 bridgehead atoms. The van der Waals surface area contributed by atoms with Crippen LogP contribution in [0.5, 0.6) is 0 Å². The largest absolute Gasteiger partial charge is 0.381 e. The van der Waals surface area contributed by atoms with Crippen molar-refractivity contribution < 1.29 is 4.79 Å². The zero-order chi connectivity index (χ0) is 16.1. The molecule has 3 N–H and O–H groups in total. The van der Waals surface area contributed by atoms with Gasteiger partial charge >= 0.3 is 0 Å². The number of nitrogens with zero attached hydrogens (tertiary/aromatic N) is 2. The van der Waals surface area contributed by atoms with Gasteiger partial charge in [-0.15, -0.1) is 0 Å². The van der Waals surface area contributed by atoms with Gasteiger partial charge in [0.25, 0.3) is 0 Å². The van der Waals surface area contributed by atoms with Crippen LogP contribution < -0.4 is 10.6 Å². The number of carbonyl (C=O) groups is 1. The minimum Gasteiger partial charge on any atom is -0.381 e. The summed E-state index contributed by atoms with van der Waals surface area (Å²) >= 11 is 0. The van der Waals surface area contributed by atoms with E-state index in [-0.39, 0.29) is 5.91 Å². The molecule has 0 aliphatic carbocycles. The third-order valence-electron chi connectivity index (χ3n) is 3.36. The first-order chi connectivity index (χ1) is 11.2.